The largest absolute Gasteiger partial charge is 0.380 e. The molecule has 1 aliphatic heterocycles. The van der Waals surface area contributed by atoms with Gasteiger partial charge in [-0.1, -0.05) is 128 Å². The highest BCUT2D eigenvalue weighted by Gasteiger charge is 2.41. The monoisotopic (exact) mass is 491 g/mol. The molecule has 0 radical (unpaired) electrons. The molecule has 0 aromatic heterocycles. The average Bonchev–Trinajstić information content (AvgIpc) is 2.97. The lowest BCUT2D eigenvalue weighted by molar-refractivity contribution is -0.0156. The van der Waals surface area contributed by atoms with Gasteiger partial charge in [0.2, 0.25) is 0 Å². The van der Waals surface area contributed by atoms with Crippen LogP contribution in [0.5, 0.6) is 0 Å². The fourth-order valence-corrected chi connectivity index (χ4v) is 6.13. The first-order valence-corrected chi connectivity index (χ1v) is 13.4. The molecule has 0 unspecified atom stereocenters. The second-order valence-corrected chi connectivity index (χ2v) is 10.5. The van der Waals surface area contributed by atoms with Gasteiger partial charge in [0, 0.05) is 24.9 Å². The summed E-state index contributed by atoms with van der Waals surface area (Å²) in [6.45, 7) is 0. The Morgan fingerprint density at radius 2 is 0.811 bits per heavy atom. The molecule has 1 heterocycles. The van der Waals surface area contributed by atoms with Gasteiger partial charge in [-0.3, -0.25) is 0 Å². The van der Waals surface area contributed by atoms with Crippen LogP contribution in [-0.2, 0) is 11.2 Å². The molecule has 3 nitrogen and oxygen atoms in total. The summed E-state index contributed by atoms with van der Waals surface area (Å²) in [5, 5.41) is 24.4. The second-order valence-electron chi connectivity index (χ2n) is 10.5. The van der Waals surface area contributed by atoms with E-state index < -0.39 is 11.2 Å². The highest BCUT2D eigenvalue weighted by Crippen LogP contribution is 2.41. The molecule has 4 aromatic rings. The molecule has 1 saturated heterocycles. The topological polar surface area (TPSA) is 43.7 Å². The molecule has 0 aliphatic carbocycles. The predicted molar refractivity (Wildman–Crippen MR) is 150 cm³/mol. The third kappa shape index (κ3) is 5.26. The van der Waals surface area contributed by atoms with Gasteiger partial charge in [-0.25, -0.2) is 0 Å². The van der Waals surface area contributed by atoms with Gasteiger partial charge < -0.3 is 15.1 Å². The van der Waals surface area contributed by atoms with Crippen LogP contribution in [0.1, 0.15) is 54.4 Å². The van der Waals surface area contributed by atoms with Crippen molar-refractivity contribution in [2.75, 3.05) is 7.05 Å². The Kier molecular flexibility index (Phi) is 7.57. The van der Waals surface area contributed by atoms with Crippen molar-refractivity contribution in [3.8, 4) is 0 Å². The molecule has 4 aromatic carbocycles. The van der Waals surface area contributed by atoms with Crippen LogP contribution in [0.3, 0.4) is 0 Å². The molecule has 190 valence electrons. The molecule has 0 spiro atoms. The van der Waals surface area contributed by atoms with Gasteiger partial charge in [-0.2, -0.15) is 0 Å². The second kappa shape index (κ2) is 11.0. The van der Waals surface area contributed by atoms with Crippen molar-refractivity contribution in [1.82, 2.24) is 4.90 Å². The number of hydrogen-bond acceptors (Lipinski definition) is 3. The molecular formula is C34H37NO2. The first-order chi connectivity index (χ1) is 18.0. The Labute approximate surface area is 221 Å². The predicted octanol–water partition coefficient (Wildman–Crippen LogP) is 6.49. The van der Waals surface area contributed by atoms with Crippen LogP contribution in [0.25, 0.3) is 0 Å². The van der Waals surface area contributed by atoms with E-state index in [-0.39, 0.29) is 12.1 Å². The van der Waals surface area contributed by atoms with E-state index >= 15 is 0 Å². The molecule has 1 fully saturated rings. The summed E-state index contributed by atoms with van der Waals surface area (Å²) in [5.74, 6) is 0. The van der Waals surface area contributed by atoms with Crippen molar-refractivity contribution in [3.63, 3.8) is 0 Å². The first-order valence-electron chi connectivity index (χ1n) is 13.4. The minimum absolute atomic E-state index is 0.181. The van der Waals surface area contributed by atoms with Gasteiger partial charge in [0.1, 0.15) is 11.2 Å². The molecule has 2 N–H and O–H groups in total. The molecule has 0 amide bonds. The standard InChI is InChI=1S/C34H37NO2/c1-35-31(25-33(36,27-15-6-2-7-16-27)28-17-8-3-9-18-28)23-14-24-32(35)26-34(37,29-19-10-4-11-20-29)30-21-12-5-13-22-30/h2-13,15-22,31-32,36-37H,14,23-26H2,1H3/t31-,32+. The van der Waals surface area contributed by atoms with Gasteiger partial charge >= 0.3 is 0 Å². The van der Waals surface area contributed by atoms with Crippen molar-refractivity contribution in [1.29, 1.82) is 0 Å². The number of hydrogen-bond donors (Lipinski definition) is 2. The lowest BCUT2D eigenvalue weighted by Crippen LogP contribution is -2.50. The Morgan fingerprint density at radius 3 is 1.08 bits per heavy atom. The molecule has 3 heteroatoms. The van der Waals surface area contributed by atoms with Gasteiger partial charge in [0.05, 0.1) is 0 Å². The van der Waals surface area contributed by atoms with Gasteiger partial charge in [-0.05, 0) is 42.1 Å². The normalized spacial score (nSPS) is 19.0. The molecule has 37 heavy (non-hydrogen) atoms. The summed E-state index contributed by atoms with van der Waals surface area (Å²) >= 11 is 0. The summed E-state index contributed by atoms with van der Waals surface area (Å²) in [6, 6.07) is 40.5. The Morgan fingerprint density at radius 1 is 0.541 bits per heavy atom. The van der Waals surface area contributed by atoms with Crippen molar-refractivity contribution in [2.24, 2.45) is 0 Å². The van der Waals surface area contributed by atoms with E-state index in [1.165, 1.54) is 0 Å². The van der Waals surface area contributed by atoms with Crippen LogP contribution in [0.4, 0.5) is 0 Å². The van der Waals surface area contributed by atoms with E-state index in [2.05, 4.69) is 11.9 Å². The number of nitrogens with zero attached hydrogens (tertiary/aromatic N) is 1. The van der Waals surface area contributed by atoms with Gasteiger partial charge in [-0.15, -0.1) is 0 Å². The maximum Gasteiger partial charge on any atom is 0.116 e. The van der Waals surface area contributed by atoms with Crippen molar-refractivity contribution in [3.05, 3.63) is 144 Å². The highest BCUT2D eigenvalue weighted by molar-refractivity contribution is 5.37. The van der Waals surface area contributed by atoms with Crippen LogP contribution < -0.4 is 0 Å². The highest BCUT2D eigenvalue weighted by atomic mass is 16.3. The molecule has 0 bridgehead atoms. The Balaban J connectivity index is 1.44. The maximum atomic E-state index is 12.2. The molecule has 0 saturated carbocycles. The SMILES string of the molecule is CN1[C@@H](CC(O)(c2ccccc2)c2ccccc2)CCC[C@H]1CC(O)(c1ccccc1)c1ccccc1. The molecular weight excluding hydrogens is 454 g/mol. The van der Waals surface area contributed by atoms with Gasteiger partial charge in [0.15, 0.2) is 0 Å². The number of likely N-dealkylation sites (tertiary alicyclic amines) is 1. The number of benzene rings is 4. The van der Waals surface area contributed by atoms with E-state index in [1.54, 1.807) is 0 Å². The zero-order chi connectivity index (χ0) is 25.7. The zero-order valence-electron chi connectivity index (χ0n) is 21.6. The van der Waals surface area contributed by atoms with Crippen LogP contribution in [0.15, 0.2) is 121 Å². The minimum Gasteiger partial charge on any atom is -0.380 e. The summed E-state index contributed by atoms with van der Waals surface area (Å²) in [6.07, 6.45) is 4.30. The number of piperidine rings is 1. The Bertz CT molecular complexity index is 1070. The summed E-state index contributed by atoms with van der Waals surface area (Å²) < 4.78 is 0. The number of aliphatic hydroxyl groups is 2. The third-order valence-corrected chi connectivity index (χ3v) is 8.29. The maximum absolute atomic E-state index is 12.2. The van der Waals surface area contributed by atoms with E-state index in [1.807, 2.05) is 121 Å². The van der Waals surface area contributed by atoms with E-state index in [9.17, 15) is 10.2 Å². The van der Waals surface area contributed by atoms with E-state index in [0.29, 0.717) is 12.8 Å². The summed E-state index contributed by atoms with van der Waals surface area (Å²) in [4.78, 5) is 2.41. The van der Waals surface area contributed by atoms with Crippen LogP contribution in [0, 0.1) is 0 Å². The van der Waals surface area contributed by atoms with E-state index in [4.69, 9.17) is 0 Å². The molecule has 5 rings (SSSR count). The fourth-order valence-electron chi connectivity index (χ4n) is 6.13. The first kappa shape index (κ1) is 25.4. The van der Waals surface area contributed by atoms with E-state index in [0.717, 1.165) is 41.5 Å². The molecule has 2 atom stereocenters. The fraction of sp³-hybridized carbons (Fsp3) is 0.294. The quantitative estimate of drug-likeness (QED) is 0.296. The Hall–Kier alpha value is -3.24. The lowest BCUT2D eigenvalue weighted by atomic mass is 9.76. The van der Waals surface area contributed by atoms with Crippen molar-refractivity contribution >= 4 is 0 Å². The minimum atomic E-state index is -1.08. The van der Waals surface area contributed by atoms with Crippen molar-refractivity contribution in [2.45, 2.75) is 55.4 Å². The average molecular weight is 492 g/mol. The van der Waals surface area contributed by atoms with Crippen LogP contribution in [0.2, 0.25) is 0 Å². The number of rotatable bonds is 8. The third-order valence-electron chi connectivity index (χ3n) is 8.29. The van der Waals surface area contributed by atoms with Crippen LogP contribution in [-0.4, -0.2) is 34.2 Å². The summed E-state index contributed by atoms with van der Waals surface area (Å²) in [7, 11) is 2.17. The zero-order valence-corrected chi connectivity index (χ0v) is 21.6. The molecule has 1 aliphatic rings. The summed E-state index contributed by atoms with van der Waals surface area (Å²) in [5.41, 5.74) is 1.50. The lowest BCUT2D eigenvalue weighted by Gasteiger charge is -2.46. The van der Waals surface area contributed by atoms with Crippen LogP contribution >= 0.6 is 0 Å². The van der Waals surface area contributed by atoms with Crippen molar-refractivity contribution < 1.29 is 10.2 Å². The smallest absolute Gasteiger partial charge is 0.116 e. The van der Waals surface area contributed by atoms with Gasteiger partial charge in [0.25, 0.3) is 0 Å².